The summed E-state index contributed by atoms with van der Waals surface area (Å²) in [4.78, 5) is 0. The standard InChI is InChI=1S/C8H12Br2O/c9-7(5-1-2-5)11-8(10)6-3-4-6/h5-8H,1-4H2. The summed E-state index contributed by atoms with van der Waals surface area (Å²) < 4.78 is 5.73. The monoisotopic (exact) mass is 282 g/mol. The fourth-order valence-electron chi connectivity index (χ4n) is 1.06. The highest BCUT2D eigenvalue weighted by Gasteiger charge is 2.36. The fourth-order valence-corrected chi connectivity index (χ4v) is 2.88. The molecule has 2 aliphatic carbocycles. The molecule has 0 aromatic carbocycles. The Bertz CT molecular complexity index is 127. The minimum absolute atomic E-state index is 0.299. The van der Waals surface area contributed by atoms with Gasteiger partial charge in [0.15, 0.2) is 0 Å². The molecule has 11 heavy (non-hydrogen) atoms. The van der Waals surface area contributed by atoms with Crippen LogP contribution >= 0.6 is 31.9 Å². The Balaban J connectivity index is 1.69. The first-order valence-electron chi connectivity index (χ1n) is 4.21. The second-order valence-electron chi connectivity index (χ2n) is 3.51. The average Bonchev–Trinajstić information content (AvgIpc) is 2.84. The molecule has 1 nitrogen and oxygen atoms in total. The fraction of sp³-hybridized carbons (Fsp3) is 1.00. The zero-order valence-electron chi connectivity index (χ0n) is 6.30. The Labute approximate surface area is 84.1 Å². The van der Waals surface area contributed by atoms with Crippen molar-refractivity contribution < 1.29 is 4.74 Å². The lowest BCUT2D eigenvalue weighted by Crippen LogP contribution is -2.15. The van der Waals surface area contributed by atoms with E-state index < -0.39 is 0 Å². The summed E-state index contributed by atoms with van der Waals surface area (Å²) in [5.41, 5.74) is 0. The van der Waals surface area contributed by atoms with Gasteiger partial charge in [0.2, 0.25) is 0 Å². The summed E-state index contributed by atoms with van der Waals surface area (Å²) in [6, 6.07) is 0. The molecule has 2 atom stereocenters. The van der Waals surface area contributed by atoms with E-state index in [2.05, 4.69) is 31.9 Å². The number of hydrogen-bond donors (Lipinski definition) is 0. The largest absolute Gasteiger partial charge is 0.352 e. The molecule has 2 aliphatic rings. The van der Waals surface area contributed by atoms with Gasteiger partial charge in [-0.1, -0.05) is 31.9 Å². The second-order valence-corrected chi connectivity index (χ2v) is 5.32. The van der Waals surface area contributed by atoms with Gasteiger partial charge >= 0.3 is 0 Å². The van der Waals surface area contributed by atoms with Gasteiger partial charge in [-0.2, -0.15) is 0 Å². The Morgan fingerprint density at radius 1 is 0.909 bits per heavy atom. The molecule has 2 saturated carbocycles. The predicted octanol–water partition coefficient (Wildman–Crippen LogP) is 3.27. The molecule has 2 rings (SSSR count). The van der Waals surface area contributed by atoms with Crippen LogP contribution in [0.15, 0.2) is 0 Å². The Morgan fingerprint density at radius 2 is 1.27 bits per heavy atom. The minimum Gasteiger partial charge on any atom is -0.352 e. The van der Waals surface area contributed by atoms with E-state index in [1.165, 1.54) is 25.7 Å². The summed E-state index contributed by atoms with van der Waals surface area (Å²) in [6.07, 6.45) is 5.33. The van der Waals surface area contributed by atoms with E-state index in [1.807, 2.05) is 0 Å². The molecule has 0 saturated heterocycles. The predicted molar refractivity (Wildman–Crippen MR) is 52.0 cm³/mol. The van der Waals surface area contributed by atoms with Gasteiger partial charge in [0.1, 0.15) is 10.0 Å². The van der Waals surface area contributed by atoms with Crippen LogP contribution in [-0.2, 0) is 4.74 Å². The quantitative estimate of drug-likeness (QED) is 0.720. The summed E-state index contributed by atoms with van der Waals surface area (Å²) in [5.74, 6) is 1.57. The molecule has 0 heterocycles. The summed E-state index contributed by atoms with van der Waals surface area (Å²) in [6.45, 7) is 0. The topological polar surface area (TPSA) is 9.23 Å². The van der Waals surface area contributed by atoms with Crippen molar-refractivity contribution in [3.05, 3.63) is 0 Å². The number of hydrogen-bond acceptors (Lipinski definition) is 1. The van der Waals surface area contributed by atoms with Crippen LogP contribution in [0.25, 0.3) is 0 Å². The highest BCUT2D eigenvalue weighted by atomic mass is 79.9. The molecule has 0 bridgehead atoms. The van der Waals surface area contributed by atoms with Crippen molar-refractivity contribution in [2.75, 3.05) is 0 Å². The number of halogens is 2. The van der Waals surface area contributed by atoms with Crippen molar-refractivity contribution in [3.8, 4) is 0 Å². The van der Waals surface area contributed by atoms with Gasteiger partial charge in [-0.05, 0) is 37.5 Å². The molecule has 0 N–H and O–H groups in total. The lowest BCUT2D eigenvalue weighted by Gasteiger charge is -2.14. The molecule has 0 aromatic rings. The summed E-state index contributed by atoms with van der Waals surface area (Å²) >= 11 is 7.10. The first-order chi connectivity index (χ1) is 5.27. The van der Waals surface area contributed by atoms with Crippen molar-refractivity contribution >= 4 is 31.9 Å². The zero-order chi connectivity index (χ0) is 7.84. The van der Waals surface area contributed by atoms with E-state index in [-0.39, 0.29) is 0 Å². The molecule has 0 radical (unpaired) electrons. The molecule has 3 heteroatoms. The van der Waals surface area contributed by atoms with E-state index in [0.717, 1.165) is 11.8 Å². The van der Waals surface area contributed by atoms with Crippen LogP contribution in [0.2, 0.25) is 0 Å². The van der Waals surface area contributed by atoms with Gasteiger partial charge in [-0.25, -0.2) is 0 Å². The molecule has 0 aliphatic heterocycles. The van der Waals surface area contributed by atoms with Crippen LogP contribution in [0.1, 0.15) is 25.7 Å². The van der Waals surface area contributed by atoms with Gasteiger partial charge in [0, 0.05) is 0 Å². The number of rotatable bonds is 4. The van der Waals surface area contributed by atoms with E-state index in [4.69, 9.17) is 4.74 Å². The molecular formula is C8H12Br2O. The molecule has 64 valence electrons. The van der Waals surface area contributed by atoms with Gasteiger partial charge in [0.25, 0.3) is 0 Å². The Morgan fingerprint density at radius 3 is 1.55 bits per heavy atom. The van der Waals surface area contributed by atoms with Crippen molar-refractivity contribution in [3.63, 3.8) is 0 Å². The lowest BCUT2D eigenvalue weighted by atomic mass is 10.4. The molecule has 0 spiro atoms. The second kappa shape index (κ2) is 3.35. The van der Waals surface area contributed by atoms with E-state index in [1.54, 1.807) is 0 Å². The number of ether oxygens (including phenoxy) is 1. The minimum atomic E-state index is 0.299. The summed E-state index contributed by atoms with van der Waals surface area (Å²) in [7, 11) is 0. The highest BCUT2D eigenvalue weighted by Crippen LogP contribution is 2.42. The summed E-state index contributed by atoms with van der Waals surface area (Å²) in [5, 5.41) is 0.597. The van der Waals surface area contributed by atoms with E-state index in [0.29, 0.717) is 10.0 Å². The lowest BCUT2D eigenvalue weighted by molar-refractivity contribution is 0.0755. The van der Waals surface area contributed by atoms with Crippen molar-refractivity contribution in [1.29, 1.82) is 0 Å². The normalized spacial score (nSPS) is 30.0. The maximum absolute atomic E-state index is 5.73. The van der Waals surface area contributed by atoms with Crippen molar-refractivity contribution in [2.24, 2.45) is 11.8 Å². The first kappa shape index (κ1) is 8.52. The van der Waals surface area contributed by atoms with Crippen LogP contribution < -0.4 is 0 Å². The maximum atomic E-state index is 5.73. The van der Waals surface area contributed by atoms with Crippen LogP contribution in [0.3, 0.4) is 0 Å². The van der Waals surface area contributed by atoms with E-state index in [9.17, 15) is 0 Å². The van der Waals surface area contributed by atoms with Gasteiger partial charge in [0.05, 0.1) is 0 Å². The maximum Gasteiger partial charge on any atom is 0.116 e. The van der Waals surface area contributed by atoms with Crippen LogP contribution in [0.5, 0.6) is 0 Å². The Kier molecular flexibility index (Phi) is 2.59. The van der Waals surface area contributed by atoms with Crippen molar-refractivity contribution in [1.82, 2.24) is 0 Å². The molecule has 2 unspecified atom stereocenters. The van der Waals surface area contributed by atoms with Crippen LogP contribution in [0, 0.1) is 11.8 Å². The van der Waals surface area contributed by atoms with Gasteiger partial charge < -0.3 is 4.74 Å². The molecule has 2 fully saturated rings. The third-order valence-electron chi connectivity index (χ3n) is 2.25. The molecular weight excluding hydrogens is 272 g/mol. The Hall–Kier alpha value is 0.920. The zero-order valence-corrected chi connectivity index (χ0v) is 9.47. The smallest absolute Gasteiger partial charge is 0.116 e. The first-order valence-corrected chi connectivity index (χ1v) is 6.04. The van der Waals surface area contributed by atoms with Gasteiger partial charge in [-0.15, -0.1) is 0 Å². The SMILES string of the molecule is BrC(OC(Br)C1CC1)C1CC1. The van der Waals surface area contributed by atoms with Crippen LogP contribution in [-0.4, -0.2) is 10.0 Å². The van der Waals surface area contributed by atoms with Gasteiger partial charge in [-0.3, -0.25) is 0 Å². The molecule has 0 aromatic heterocycles. The third kappa shape index (κ3) is 2.43. The van der Waals surface area contributed by atoms with Crippen molar-refractivity contribution in [2.45, 2.75) is 35.7 Å². The third-order valence-corrected chi connectivity index (χ3v) is 4.17. The van der Waals surface area contributed by atoms with E-state index >= 15 is 0 Å². The highest BCUT2D eigenvalue weighted by molar-refractivity contribution is 9.10. The number of alkyl halides is 2. The molecule has 0 amide bonds. The average molecular weight is 284 g/mol. The van der Waals surface area contributed by atoms with Crippen LogP contribution in [0.4, 0.5) is 0 Å².